The minimum Gasteiger partial charge on any atom is -0.370 e. The van der Waals surface area contributed by atoms with Crippen molar-refractivity contribution < 1.29 is 4.74 Å². The Labute approximate surface area is 180 Å². The Morgan fingerprint density at radius 2 is 1.52 bits per heavy atom. The average molecular weight is 417 g/mol. The predicted molar refractivity (Wildman–Crippen MR) is 126 cm³/mol. The van der Waals surface area contributed by atoms with Gasteiger partial charge in [-0.05, 0) is 60.9 Å². The van der Waals surface area contributed by atoms with Crippen LogP contribution in [-0.4, -0.2) is 5.60 Å². The monoisotopic (exact) mass is 416 g/mol. The summed E-state index contributed by atoms with van der Waals surface area (Å²) < 4.78 is 6.23. The van der Waals surface area contributed by atoms with Crippen LogP contribution in [-0.2, 0) is 11.3 Å². The maximum absolute atomic E-state index is 6.23. The highest BCUT2D eigenvalue weighted by molar-refractivity contribution is 7.99. The highest BCUT2D eigenvalue weighted by Gasteiger charge is 2.24. The molecule has 5 rings (SSSR count). The van der Waals surface area contributed by atoms with Crippen molar-refractivity contribution in [3.8, 4) is 21.6 Å². The van der Waals surface area contributed by atoms with Crippen molar-refractivity contribution in [3.05, 3.63) is 71.6 Å². The smallest absolute Gasteiger partial charge is 0.0817 e. The molecule has 4 aromatic rings. The van der Waals surface area contributed by atoms with Gasteiger partial charge in [-0.2, -0.15) is 0 Å². The quantitative estimate of drug-likeness (QED) is 0.291. The molecule has 1 nitrogen and oxygen atoms in total. The third kappa shape index (κ3) is 3.52. The molecule has 1 aliphatic heterocycles. The van der Waals surface area contributed by atoms with E-state index in [0.717, 1.165) is 6.42 Å². The zero-order valence-electron chi connectivity index (χ0n) is 17.0. The minimum atomic E-state index is -0.0940. The summed E-state index contributed by atoms with van der Waals surface area (Å²) in [5.41, 5.74) is 3.90. The summed E-state index contributed by atoms with van der Waals surface area (Å²) in [6.45, 7) is 7.17. The molecule has 0 N–H and O–H groups in total. The summed E-state index contributed by atoms with van der Waals surface area (Å²) >= 11 is 3.76. The first kappa shape index (κ1) is 18.9. The molecule has 3 aromatic carbocycles. The van der Waals surface area contributed by atoms with Crippen LogP contribution in [0.2, 0.25) is 0 Å². The topological polar surface area (TPSA) is 9.23 Å². The van der Waals surface area contributed by atoms with E-state index in [4.69, 9.17) is 4.74 Å². The van der Waals surface area contributed by atoms with E-state index in [2.05, 4.69) is 87.5 Å². The molecule has 2 heterocycles. The summed E-state index contributed by atoms with van der Waals surface area (Å²) in [5, 5.41) is 2.59. The van der Waals surface area contributed by atoms with Crippen LogP contribution in [0, 0.1) is 0 Å². The lowest BCUT2D eigenvalue weighted by atomic mass is 10.00. The molecular formula is C26H24OS2. The van der Waals surface area contributed by atoms with Crippen LogP contribution in [0.25, 0.3) is 32.3 Å². The summed E-state index contributed by atoms with van der Waals surface area (Å²) in [6.07, 6.45) is 1.01. The molecule has 0 bridgehead atoms. The third-order valence-corrected chi connectivity index (χ3v) is 8.00. The van der Waals surface area contributed by atoms with Gasteiger partial charge in [0.15, 0.2) is 0 Å². The van der Waals surface area contributed by atoms with E-state index in [1.165, 1.54) is 47.0 Å². The number of thiophene rings is 1. The molecule has 0 radical (unpaired) electrons. The molecule has 1 aliphatic rings. The second kappa shape index (κ2) is 7.32. The van der Waals surface area contributed by atoms with Crippen molar-refractivity contribution in [2.24, 2.45) is 0 Å². The summed E-state index contributed by atoms with van der Waals surface area (Å²) in [5.74, 6) is 0. The van der Waals surface area contributed by atoms with Crippen LogP contribution < -0.4 is 0 Å². The molecule has 0 fully saturated rings. The van der Waals surface area contributed by atoms with Crippen molar-refractivity contribution in [1.29, 1.82) is 0 Å². The van der Waals surface area contributed by atoms with Crippen molar-refractivity contribution >= 4 is 33.9 Å². The number of hydrogen-bond acceptors (Lipinski definition) is 3. The normalized spacial score (nSPS) is 12.9. The van der Waals surface area contributed by atoms with Crippen molar-refractivity contribution in [2.75, 3.05) is 0 Å². The van der Waals surface area contributed by atoms with Gasteiger partial charge >= 0.3 is 0 Å². The largest absolute Gasteiger partial charge is 0.370 e. The summed E-state index contributed by atoms with van der Waals surface area (Å²) in [7, 11) is 0. The Kier molecular flexibility index (Phi) is 4.78. The third-order valence-electron chi connectivity index (χ3n) is 5.73. The predicted octanol–water partition coefficient (Wildman–Crippen LogP) is 8.41. The van der Waals surface area contributed by atoms with E-state index < -0.39 is 0 Å². The zero-order valence-corrected chi connectivity index (χ0v) is 18.6. The van der Waals surface area contributed by atoms with Crippen LogP contribution in [0.1, 0.15) is 32.1 Å². The Morgan fingerprint density at radius 1 is 0.793 bits per heavy atom. The summed E-state index contributed by atoms with van der Waals surface area (Å²) in [6, 6.07) is 24.5. The second-order valence-corrected chi connectivity index (χ2v) is 10.4. The van der Waals surface area contributed by atoms with Crippen LogP contribution >= 0.6 is 23.1 Å². The van der Waals surface area contributed by atoms with Gasteiger partial charge in [0.1, 0.15) is 0 Å². The van der Waals surface area contributed by atoms with Gasteiger partial charge in [-0.25, -0.2) is 0 Å². The number of fused-ring (bicyclic) bond motifs is 6. The van der Waals surface area contributed by atoms with E-state index >= 15 is 0 Å². The first-order chi connectivity index (χ1) is 14.0. The molecule has 0 saturated heterocycles. The van der Waals surface area contributed by atoms with Gasteiger partial charge < -0.3 is 4.74 Å². The molecule has 1 aromatic heterocycles. The lowest BCUT2D eigenvalue weighted by Gasteiger charge is -2.22. The molecule has 0 saturated carbocycles. The van der Waals surface area contributed by atoms with Crippen LogP contribution in [0.4, 0.5) is 0 Å². The fourth-order valence-corrected chi connectivity index (χ4v) is 5.97. The van der Waals surface area contributed by atoms with Crippen LogP contribution in [0.15, 0.2) is 76.5 Å². The lowest BCUT2D eigenvalue weighted by molar-refractivity contribution is -0.0304. The van der Waals surface area contributed by atoms with Crippen molar-refractivity contribution in [1.82, 2.24) is 0 Å². The van der Waals surface area contributed by atoms with E-state index in [1.54, 1.807) is 0 Å². The lowest BCUT2D eigenvalue weighted by Crippen LogP contribution is -2.22. The molecule has 0 unspecified atom stereocenters. The maximum Gasteiger partial charge on any atom is 0.0817 e. The molecule has 0 aliphatic carbocycles. The van der Waals surface area contributed by atoms with E-state index in [9.17, 15) is 0 Å². The SMILES string of the molecule is CCC(C)(C)OCc1cc2c(s1)-c1cc3ccccc3cc1Sc1ccccc1-2. The fourth-order valence-electron chi connectivity index (χ4n) is 3.66. The standard InChI is InChI=1S/C26H24OS2/c1-4-26(2,3)27-16-19-15-21-20-11-7-8-12-23(20)29-24-14-18-10-6-5-9-17(18)13-22(24)25(21)28-19/h5-15H,4,16H2,1-3H3. The van der Waals surface area contributed by atoms with Crippen molar-refractivity contribution in [2.45, 2.75) is 49.2 Å². The minimum absolute atomic E-state index is 0.0940. The second-order valence-electron chi connectivity index (χ2n) is 8.15. The molecule has 146 valence electrons. The Bertz CT molecular complexity index is 1200. The number of rotatable bonds is 4. The van der Waals surface area contributed by atoms with Gasteiger partial charge in [0, 0.05) is 30.7 Å². The highest BCUT2D eigenvalue weighted by Crippen LogP contribution is 2.52. The number of hydrogen-bond donors (Lipinski definition) is 0. The molecule has 0 atom stereocenters. The van der Waals surface area contributed by atoms with Gasteiger partial charge in [0.05, 0.1) is 12.2 Å². The average Bonchev–Trinajstić information content (AvgIpc) is 3.11. The number of ether oxygens (including phenoxy) is 1. The highest BCUT2D eigenvalue weighted by atomic mass is 32.2. The Balaban J connectivity index is 1.68. The Hall–Kier alpha value is -2.07. The van der Waals surface area contributed by atoms with Gasteiger partial charge in [0.2, 0.25) is 0 Å². The first-order valence-corrected chi connectivity index (χ1v) is 11.7. The van der Waals surface area contributed by atoms with Gasteiger partial charge in [-0.1, -0.05) is 61.2 Å². The molecule has 0 amide bonds. The van der Waals surface area contributed by atoms with E-state index in [0.29, 0.717) is 6.61 Å². The summed E-state index contributed by atoms with van der Waals surface area (Å²) in [4.78, 5) is 5.30. The van der Waals surface area contributed by atoms with Gasteiger partial charge in [-0.3, -0.25) is 0 Å². The molecule has 0 spiro atoms. The fraction of sp³-hybridized carbons (Fsp3) is 0.231. The van der Waals surface area contributed by atoms with Gasteiger partial charge in [-0.15, -0.1) is 11.3 Å². The van der Waals surface area contributed by atoms with E-state index in [1.807, 2.05) is 23.1 Å². The zero-order chi connectivity index (χ0) is 20.0. The van der Waals surface area contributed by atoms with Crippen LogP contribution in [0.5, 0.6) is 0 Å². The van der Waals surface area contributed by atoms with E-state index in [-0.39, 0.29) is 5.60 Å². The molecular weight excluding hydrogens is 392 g/mol. The Morgan fingerprint density at radius 3 is 2.31 bits per heavy atom. The molecule has 3 heteroatoms. The maximum atomic E-state index is 6.23. The molecule has 29 heavy (non-hydrogen) atoms. The van der Waals surface area contributed by atoms with Crippen molar-refractivity contribution in [3.63, 3.8) is 0 Å². The number of benzene rings is 3. The first-order valence-electron chi connectivity index (χ1n) is 10.1. The van der Waals surface area contributed by atoms with Crippen LogP contribution in [0.3, 0.4) is 0 Å². The van der Waals surface area contributed by atoms with Gasteiger partial charge in [0.25, 0.3) is 0 Å².